The van der Waals surface area contributed by atoms with Crippen LogP contribution in [-0.4, -0.2) is 31.9 Å². The van der Waals surface area contributed by atoms with Gasteiger partial charge in [0.15, 0.2) is 0 Å². The number of benzene rings is 1. The number of amides is 1. The zero-order chi connectivity index (χ0) is 20.4. The van der Waals surface area contributed by atoms with E-state index in [2.05, 4.69) is 22.1 Å². The van der Waals surface area contributed by atoms with Gasteiger partial charge in [-0.15, -0.1) is 0 Å². The van der Waals surface area contributed by atoms with Crippen LogP contribution in [0.15, 0.2) is 53.7 Å². The van der Waals surface area contributed by atoms with E-state index in [1.807, 2.05) is 32.0 Å². The number of rotatable bonds is 3. The fraction of sp³-hybridized carbons (Fsp3) is 0.304. The second-order valence-electron chi connectivity index (χ2n) is 7.55. The Morgan fingerprint density at radius 2 is 1.86 bits per heavy atom. The molecule has 3 aromatic rings. The van der Waals surface area contributed by atoms with Gasteiger partial charge >= 0.3 is 0 Å². The zero-order valence-corrected chi connectivity index (χ0v) is 16.8. The van der Waals surface area contributed by atoms with E-state index in [-0.39, 0.29) is 23.6 Å². The van der Waals surface area contributed by atoms with Gasteiger partial charge in [0.1, 0.15) is 5.56 Å². The largest absolute Gasteiger partial charge is 0.334 e. The van der Waals surface area contributed by atoms with Gasteiger partial charge in [0, 0.05) is 25.5 Å². The van der Waals surface area contributed by atoms with E-state index >= 15 is 0 Å². The summed E-state index contributed by atoms with van der Waals surface area (Å²) in [5, 5.41) is 0. The maximum absolute atomic E-state index is 13.3. The van der Waals surface area contributed by atoms with Gasteiger partial charge in [0.05, 0.1) is 24.1 Å². The van der Waals surface area contributed by atoms with Crippen molar-refractivity contribution < 1.29 is 4.79 Å². The van der Waals surface area contributed by atoms with Crippen LogP contribution in [0.5, 0.6) is 0 Å². The Morgan fingerprint density at radius 3 is 2.62 bits per heavy atom. The number of aryl methyl sites for hydroxylation is 3. The van der Waals surface area contributed by atoms with E-state index in [1.54, 1.807) is 23.5 Å². The standard InChI is InChI=1S/C23H24N4O2/c1-16-9-11-27(15-20-13-24-17(2)12-25-20)23(29)21(16)22(28)26-10-5-8-18-6-3-4-7-19(18)14-26/h3-4,6-7,9,11-13H,5,8,10,14-15H2,1-2H3. The van der Waals surface area contributed by atoms with Gasteiger partial charge in [0.25, 0.3) is 11.5 Å². The molecular weight excluding hydrogens is 364 g/mol. The topological polar surface area (TPSA) is 68.1 Å². The van der Waals surface area contributed by atoms with Crippen LogP contribution < -0.4 is 5.56 Å². The van der Waals surface area contributed by atoms with E-state index in [1.165, 1.54) is 10.1 Å². The molecule has 6 heteroatoms. The highest BCUT2D eigenvalue weighted by Crippen LogP contribution is 2.20. The summed E-state index contributed by atoms with van der Waals surface area (Å²) in [4.78, 5) is 36.8. The lowest BCUT2D eigenvalue weighted by molar-refractivity contribution is 0.0742. The van der Waals surface area contributed by atoms with Crippen LogP contribution in [0.4, 0.5) is 0 Å². The quantitative estimate of drug-likeness (QED) is 0.692. The Hall–Kier alpha value is -3.28. The van der Waals surface area contributed by atoms with E-state index in [0.717, 1.165) is 24.1 Å². The van der Waals surface area contributed by atoms with Crippen molar-refractivity contribution >= 4 is 5.91 Å². The van der Waals surface area contributed by atoms with Crippen LogP contribution in [-0.2, 0) is 19.5 Å². The van der Waals surface area contributed by atoms with Crippen LogP contribution in [0, 0.1) is 13.8 Å². The zero-order valence-electron chi connectivity index (χ0n) is 16.8. The Balaban J connectivity index is 1.64. The minimum atomic E-state index is -0.282. The lowest BCUT2D eigenvalue weighted by Crippen LogP contribution is -2.37. The number of carbonyl (C=O) groups is 1. The molecule has 1 aliphatic rings. The third kappa shape index (κ3) is 3.97. The molecule has 1 aromatic carbocycles. The second-order valence-corrected chi connectivity index (χ2v) is 7.55. The van der Waals surface area contributed by atoms with Gasteiger partial charge in [-0.25, -0.2) is 0 Å². The molecule has 148 valence electrons. The lowest BCUT2D eigenvalue weighted by atomic mass is 10.0. The molecule has 0 saturated heterocycles. The Kier molecular flexibility index (Phi) is 5.25. The first-order chi connectivity index (χ1) is 14.0. The van der Waals surface area contributed by atoms with Gasteiger partial charge in [-0.05, 0) is 49.4 Å². The van der Waals surface area contributed by atoms with Gasteiger partial charge < -0.3 is 9.47 Å². The summed E-state index contributed by atoms with van der Waals surface area (Å²) in [5.41, 5.74) is 4.60. The first-order valence-electron chi connectivity index (χ1n) is 9.86. The molecule has 0 N–H and O–H groups in total. The number of hydrogen-bond donors (Lipinski definition) is 0. The third-order valence-electron chi connectivity index (χ3n) is 5.40. The Labute approximate surface area is 169 Å². The average Bonchev–Trinajstić information content (AvgIpc) is 2.94. The van der Waals surface area contributed by atoms with Crippen molar-refractivity contribution in [1.82, 2.24) is 19.4 Å². The van der Waals surface area contributed by atoms with Crippen LogP contribution in [0.25, 0.3) is 0 Å². The normalized spacial score (nSPS) is 13.7. The number of hydrogen-bond acceptors (Lipinski definition) is 4. The highest BCUT2D eigenvalue weighted by atomic mass is 16.2. The molecule has 3 heterocycles. The van der Waals surface area contributed by atoms with Gasteiger partial charge in [-0.1, -0.05) is 24.3 Å². The first-order valence-corrected chi connectivity index (χ1v) is 9.86. The van der Waals surface area contributed by atoms with Crippen LogP contribution in [0.3, 0.4) is 0 Å². The van der Waals surface area contributed by atoms with Crippen molar-refractivity contribution in [3.8, 4) is 0 Å². The van der Waals surface area contributed by atoms with Gasteiger partial charge in [0.2, 0.25) is 0 Å². The fourth-order valence-electron chi connectivity index (χ4n) is 3.76. The van der Waals surface area contributed by atoms with Crippen LogP contribution in [0.1, 0.15) is 44.9 Å². The number of fused-ring (bicyclic) bond motifs is 1. The maximum Gasteiger partial charge on any atom is 0.264 e. The molecule has 4 rings (SSSR count). The SMILES string of the molecule is Cc1cnc(Cn2ccc(C)c(C(=O)N3CCCc4ccccc4C3)c2=O)cn1. The molecule has 1 amide bonds. The Morgan fingerprint density at radius 1 is 1.07 bits per heavy atom. The lowest BCUT2D eigenvalue weighted by Gasteiger charge is -2.22. The summed E-state index contributed by atoms with van der Waals surface area (Å²) < 4.78 is 1.53. The van der Waals surface area contributed by atoms with Crippen molar-refractivity contribution in [3.05, 3.63) is 92.9 Å². The number of pyridine rings is 1. The molecule has 0 bridgehead atoms. The predicted octanol–water partition coefficient (Wildman–Crippen LogP) is 2.89. The summed E-state index contributed by atoms with van der Waals surface area (Å²) in [6.07, 6.45) is 6.89. The van der Waals surface area contributed by atoms with Crippen molar-refractivity contribution in [1.29, 1.82) is 0 Å². The Bertz CT molecular complexity index is 1100. The molecule has 0 spiro atoms. The van der Waals surface area contributed by atoms with Gasteiger partial charge in [-0.2, -0.15) is 0 Å². The molecule has 29 heavy (non-hydrogen) atoms. The average molecular weight is 388 g/mol. The minimum absolute atomic E-state index is 0.200. The van der Waals surface area contributed by atoms with E-state index in [4.69, 9.17) is 0 Å². The molecule has 2 aromatic heterocycles. The molecular formula is C23H24N4O2. The monoisotopic (exact) mass is 388 g/mol. The number of carbonyl (C=O) groups excluding carboxylic acids is 1. The van der Waals surface area contributed by atoms with E-state index in [9.17, 15) is 9.59 Å². The molecule has 6 nitrogen and oxygen atoms in total. The molecule has 0 aliphatic carbocycles. The van der Waals surface area contributed by atoms with Crippen molar-refractivity contribution in [3.63, 3.8) is 0 Å². The minimum Gasteiger partial charge on any atom is -0.334 e. The molecule has 0 saturated carbocycles. The number of aromatic nitrogens is 3. The fourth-order valence-corrected chi connectivity index (χ4v) is 3.76. The van der Waals surface area contributed by atoms with Crippen molar-refractivity contribution in [2.75, 3.05) is 6.54 Å². The molecule has 0 atom stereocenters. The van der Waals surface area contributed by atoms with Crippen LogP contribution >= 0.6 is 0 Å². The summed E-state index contributed by atoms with van der Waals surface area (Å²) in [6, 6.07) is 10.0. The second kappa shape index (κ2) is 7.99. The summed E-state index contributed by atoms with van der Waals surface area (Å²) in [5.74, 6) is -0.200. The molecule has 0 radical (unpaired) electrons. The summed E-state index contributed by atoms with van der Waals surface area (Å²) in [7, 11) is 0. The van der Waals surface area contributed by atoms with Crippen molar-refractivity contribution in [2.45, 2.75) is 39.8 Å². The van der Waals surface area contributed by atoms with E-state index in [0.29, 0.717) is 24.3 Å². The van der Waals surface area contributed by atoms with Crippen LogP contribution in [0.2, 0.25) is 0 Å². The van der Waals surface area contributed by atoms with E-state index < -0.39 is 0 Å². The van der Waals surface area contributed by atoms with Gasteiger partial charge in [-0.3, -0.25) is 19.6 Å². The van der Waals surface area contributed by atoms with Crippen molar-refractivity contribution in [2.24, 2.45) is 0 Å². The summed E-state index contributed by atoms with van der Waals surface area (Å²) in [6.45, 7) is 5.15. The molecule has 0 fully saturated rings. The maximum atomic E-state index is 13.3. The third-order valence-corrected chi connectivity index (χ3v) is 5.40. The predicted molar refractivity (Wildman–Crippen MR) is 111 cm³/mol. The molecule has 0 unspecified atom stereocenters. The highest BCUT2D eigenvalue weighted by molar-refractivity contribution is 5.95. The summed E-state index contributed by atoms with van der Waals surface area (Å²) >= 11 is 0. The smallest absolute Gasteiger partial charge is 0.264 e. The first kappa shape index (κ1) is 19.1. The number of nitrogens with zero attached hydrogens (tertiary/aromatic N) is 4. The molecule has 1 aliphatic heterocycles. The highest BCUT2D eigenvalue weighted by Gasteiger charge is 2.24.